The van der Waals surface area contributed by atoms with Gasteiger partial charge in [0.1, 0.15) is 6.04 Å². The van der Waals surface area contributed by atoms with Gasteiger partial charge in [0.2, 0.25) is 5.91 Å². The van der Waals surface area contributed by atoms with E-state index < -0.39 is 0 Å². The van der Waals surface area contributed by atoms with Crippen molar-refractivity contribution in [1.82, 2.24) is 4.90 Å². The summed E-state index contributed by atoms with van der Waals surface area (Å²) in [5.74, 6) is -0.280. The van der Waals surface area contributed by atoms with Gasteiger partial charge in [-0.05, 0) is 31.1 Å². The van der Waals surface area contributed by atoms with Gasteiger partial charge in [-0.1, -0.05) is 38.1 Å². The van der Waals surface area contributed by atoms with Crippen LogP contribution in [-0.4, -0.2) is 23.9 Å². The maximum absolute atomic E-state index is 11.6. The molecule has 1 atom stereocenters. The molecule has 0 aromatic heterocycles. The highest BCUT2D eigenvalue weighted by Crippen LogP contribution is 2.23. The van der Waals surface area contributed by atoms with Gasteiger partial charge in [0.15, 0.2) is 0 Å². The predicted molar refractivity (Wildman–Crippen MR) is 66.0 cm³/mol. The van der Waals surface area contributed by atoms with Crippen molar-refractivity contribution in [2.75, 3.05) is 13.1 Å². The van der Waals surface area contributed by atoms with Crippen LogP contribution in [0.1, 0.15) is 31.0 Å². The lowest BCUT2D eigenvalue weighted by molar-refractivity contribution is -0.123. The van der Waals surface area contributed by atoms with E-state index in [0.29, 0.717) is 0 Å². The summed E-state index contributed by atoms with van der Waals surface area (Å²) in [6.45, 7) is 7.72. The van der Waals surface area contributed by atoms with Crippen molar-refractivity contribution in [2.45, 2.75) is 26.8 Å². The lowest BCUT2D eigenvalue weighted by Crippen LogP contribution is -2.38. The van der Waals surface area contributed by atoms with E-state index in [1.54, 1.807) is 0 Å². The zero-order valence-electron chi connectivity index (χ0n) is 10.2. The third kappa shape index (κ3) is 2.61. The van der Waals surface area contributed by atoms with Crippen molar-refractivity contribution >= 4 is 5.91 Å². The van der Waals surface area contributed by atoms with Crippen molar-refractivity contribution in [3.05, 3.63) is 35.4 Å². The second-order valence-electron chi connectivity index (χ2n) is 3.88. The summed E-state index contributed by atoms with van der Waals surface area (Å²) in [5.41, 5.74) is 7.63. The fourth-order valence-corrected chi connectivity index (χ4v) is 2.01. The molecule has 0 aliphatic heterocycles. The van der Waals surface area contributed by atoms with E-state index in [1.165, 1.54) is 0 Å². The van der Waals surface area contributed by atoms with Crippen LogP contribution < -0.4 is 5.73 Å². The van der Waals surface area contributed by atoms with Gasteiger partial charge < -0.3 is 5.73 Å². The van der Waals surface area contributed by atoms with Crippen molar-refractivity contribution in [3.63, 3.8) is 0 Å². The molecule has 0 saturated heterocycles. The molecule has 1 unspecified atom stereocenters. The van der Waals surface area contributed by atoms with Crippen LogP contribution >= 0.6 is 0 Å². The molecule has 1 amide bonds. The predicted octanol–water partition coefficient (Wildman–Crippen LogP) is 1.86. The first-order chi connectivity index (χ1) is 7.61. The molecule has 0 aliphatic carbocycles. The summed E-state index contributed by atoms with van der Waals surface area (Å²) < 4.78 is 0. The first kappa shape index (κ1) is 12.7. The van der Waals surface area contributed by atoms with E-state index >= 15 is 0 Å². The Bertz CT molecular complexity index is 359. The number of hydrogen-bond donors (Lipinski definition) is 1. The van der Waals surface area contributed by atoms with E-state index in [1.807, 2.05) is 45.0 Å². The van der Waals surface area contributed by atoms with Gasteiger partial charge in [0.25, 0.3) is 0 Å². The Balaban J connectivity index is 3.12. The molecule has 16 heavy (non-hydrogen) atoms. The molecule has 0 aliphatic rings. The monoisotopic (exact) mass is 220 g/mol. The minimum atomic E-state index is -0.309. The summed E-state index contributed by atoms with van der Waals surface area (Å²) in [7, 11) is 0. The SMILES string of the molecule is CCN(CC)C(C(N)=O)c1ccccc1C. The third-order valence-electron chi connectivity index (χ3n) is 2.93. The zero-order valence-corrected chi connectivity index (χ0v) is 10.2. The number of carbonyl (C=O) groups is 1. The number of hydrogen-bond acceptors (Lipinski definition) is 2. The maximum atomic E-state index is 11.6. The highest BCUT2D eigenvalue weighted by atomic mass is 16.1. The lowest BCUT2D eigenvalue weighted by atomic mass is 9.99. The Morgan fingerprint density at radius 1 is 1.31 bits per heavy atom. The molecular formula is C13H20N2O. The first-order valence-electron chi connectivity index (χ1n) is 5.70. The van der Waals surface area contributed by atoms with Gasteiger partial charge in [0, 0.05) is 0 Å². The van der Waals surface area contributed by atoms with Crippen molar-refractivity contribution in [1.29, 1.82) is 0 Å². The van der Waals surface area contributed by atoms with E-state index in [-0.39, 0.29) is 11.9 Å². The number of rotatable bonds is 5. The highest BCUT2D eigenvalue weighted by Gasteiger charge is 2.24. The molecule has 0 radical (unpaired) electrons. The summed E-state index contributed by atoms with van der Waals surface area (Å²) in [4.78, 5) is 13.7. The first-order valence-corrected chi connectivity index (χ1v) is 5.70. The van der Waals surface area contributed by atoms with Gasteiger partial charge >= 0.3 is 0 Å². The largest absolute Gasteiger partial charge is 0.368 e. The summed E-state index contributed by atoms with van der Waals surface area (Å²) in [6.07, 6.45) is 0. The van der Waals surface area contributed by atoms with Crippen LogP contribution in [0.4, 0.5) is 0 Å². The van der Waals surface area contributed by atoms with Crippen molar-refractivity contribution in [2.24, 2.45) is 5.73 Å². The summed E-state index contributed by atoms with van der Waals surface area (Å²) in [5, 5.41) is 0. The molecule has 0 saturated carbocycles. The van der Waals surface area contributed by atoms with Crippen LogP contribution in [0.15, 0.2) is 24.3 Å². The number of primary amides is 1. The van der Waals surface area contributed by atoms with Gasteiger partial charge in [-0.15, -0.1) is 0 Å². The van der Waals surface area contributed by atoms with Gasteiger partial charge in [0.05, 0.1) is 0 Å². The lowest BCUT2D eigenvalue weighted by Gasteiger charge is -2.28. The van der Waals surface area contributed by atoms with Crippen molar-refractivity contribution in [3.8, 4) is 0 Å². The minimum Gasteiger partial charge on any atom is -0.368 e. The Morgan fingerprint density at radius 2 is 1.88 bits per heavy atom. The molecule has 1 rings (SSSR count). The molecule has 88 valence electrons. The molecule has 0 fully saturated rings. The van der Waals surface area contributed by atoms with Gasteiger partial charge in [-0.25, -0.2) is 0 Å². The van der Waals surface area contributed by atoms with E-state index in [9.17, 15) is 4.79 Å². The highest BCUT2D eigenvalue weighted by molar-refractivity contribution is 5.81. The Morgan fingerprint density at radius 3 is 2.31 bits per heavy atom. The number of nitrogens with two attached hydrogens (primary N) is 1. The molecule has 0 spiro atoms. The average Bonchev–Trinajstić information content (AvgIpc) is 2.27. The van der Waals surface area contributed by atoms with Crippen LogP contribution in [0.25, 0.3) is 0 Å². The summed E-state index contributed by atoms with van der Waals surface area (Å²) >= 11 is 0. The standard InChI is InChI=1S/C13H20N2O/c1-4-15(5-2)12(13(14)16)11-9-7-6-8-10(11)3/h6-9,12H,4-5H2,1-3H3,(H2,14,16). The Kier molecular flexibility index (Phi) is 4.50. The third-order valence-corrected chi connectivity index (χ3v) is 2.93. The van der Waals surface area contributed by atoms with Gasteiger partial charge in [-0.2, -0.15) is 0 Å². The zero-order chi connectivity index (χ0) is 12.1. The molecule has 0 bridgehead atoms. The minimum absolute atomic E-state index is 0.280. The molecule has 3 nitrogen and oxygen atoms in total. The van der Waals surface area contributed by atoms with Crippen LogP contribution in [-0.2, 0) is 4.79 Å². The average molecular weight is 220 g/mol. The molecule has 1 aromatic rings. The number of nitrogens with zero attached hydrogens (tertiary/aromatic N) is 1. The van der Waals surface area contributed by atoms with Crippen molar-refractivity contribution < 1.29 is 4.79 Å². The molecule has 3 heteroatoms. The maximum Gasteiger partial charge on any atom is 0.239 e. The Hall–Kier alpha value is -1.35. The fourth-order valence-electron chi connectivity index (χ4n) is 2.01. The molecule has 2 N–H and O–H groups in total. The second kappa shape index (κ2) is 5.66. The topological polar surface area (TPSA) is 46.3 Å². The normalized spacial score (nSPS) is 12.8. The van der Waals surface area contributed by atoms with Gasteiger partial charge in [-0.3, -0.25) is 9.69 Å². The second-order valence-corrected chi connectivity index (χ2v) is 3.88. The van der Waals surface area contributed by atoms with Crippen LogP contribution in [0.5, 0.6) is 0 Å². The van der Waals surface area contributed by atoms with Crippen LogP contribution in [0, 0.1) is 6.92 Å². The van der Waals surface area contributed by atoms with E-state index in [0.717, 1.165) is 24.2 Å². The van der Waals surface area contributed by atoms with Crippen LogP contribution in [0.2, 0.25) is 0 Å². The fraction of sp³-hybridized carbons (Fsp3) is 0.462. The number of benzene rings is 1. The quantitative estimate of drug-likeness (QED) is 0.823. The molecule has 0 heterocycles. The van der Waals surface area contributed by atoms with Crippen LogP contribution in [0.3, 0.4) is 0 Å². The smallest absolute Gasteiger partial charge is 0.239 e. The number of aryl methyl sites for hydroxylation is 1. The number of carbonyl (C=O) groups excluding carboxylic acids is 1. The Labute approximate surface area is 97.2 Å². The molecular weight excluding hydrogens is 200 g/mol. The summed E-state index contributed by atoms with van der Waals surface area (Å²) in [6, 6.07) is 7.59. The van der Waals surface area contributed by atoms with E-state index in [4.69, 9.17) is 5.73 Å². The number of likely N-dealkylation sites (N-methyl/N-ethyl adjacent to an activating group) is 1. The molecule has 1 aromatic carbocycles. The van der Waals surface area contributed by atoms with E-state index in [2.05, 4.69) is 4.90 Å². The number of amides is 1.